The van der Waals surface area contributed by atoms with Gasteiger partial charge in [0, 0.05) is 22.8 Å². The lowest BCUT2D eigenvalue weighted by Crippen LogP contribution is -2.13. The highest BCUT2D eigenvalue weighted by Gasteiger charge is 2.13. The van der Waals surface area contributed by atoms with Crippen molar-refractivity contribution in [3.8, 4) is 0 Å². The molecule has 1 amide bonds. The topological polar surface area (TPSA) is 96.7 Å². The number of hydrogen-bond acceptors (Lipinski definition) is 6. The molecule has 0 aliphatic carbocycles. The van der Waals surface area contributed by atoms with Gasteiger partial charge in [-0.25, -0.2) is 5.10 Å². The Bertz CT molecular complexity index is 871. The van der Waals surface area contributed by atoms with Crippen LogP contribution in [0.25, 0.3) is 0 Å². The highest BCUT2D eigenvalue weighted by Crippen LogP contribution is 2.21. The standard InChI is InChI=1S/C17H18ClN5O2S/c1-10-14(11(2)25-23-10)7-8-15(24)19-16-20-17(22-21-16)26-9-12-3-5-13(18)6-4-12/h3-6H,7-9H2,1-2H3,(H2,19,20,21,22,24). The van der Waals surface area contributed by atoms with Crippen LogP contribution in [0.2, 0.25) is 5.02 Å². The second kappa shape index (κ2) is 8.37. The SMILES string of the molecule is Cc1noc(C)c1CCC(=O)Nc1nc(SCc2ccc(Cl)cc2)n[nH]1. The van der Waals surface area contributed by atoms with Gasteiger partial charge in [0.1, 0.15) is 5.76 Å². The smallest absolute Gasteiger partial charge is 0.227 e. The van der Waals surface area contributed by atoms with Crippen LogP contribution in [0.5, 0.6) is 0 Å². The van der Waals surface area contributed by atoms with Gasteiger partial charge in [-0.1, -0.05) is 40.7 Å². The summed E-state index contributed by atoms with van der Waals surface area (Å²) < 4.78 is 5.10. The molecule has 136 valence electrons. The third-order valence-corrected chi connectivity index (χ3v) is 4.96. The number of H-pyrrole nitrogens is 1. The Balaban J connectivity index is 1.48. The number of benzene rings is 1. The molecular weight excluding hydrogens is 374 g/mol. The summed E-state index contributed by atoms with van der Waals surface area (Å²) in [6.45, 7) is 3.71. The van der Waals surface area contributed by atoms with Crippen LogP contribution in [0.3, 0.4) is 0 Å². The maximum atomic E-state index is 12.1. The predicted molar refractivity (Wildman–Crippen MR) is 100 cm³/mol. The number of hydrogen-bond donors (Lipinski definition) is 2. The van der Waals surface area contributed by atoms with Gasteiger partial charge in [-0.3, -0.25) is 10.1 Å². The zero-order valence-corrected chi connectivity index (χ0v) is 15.9. The van der Waals surface area contributed by atoms with E-state index in [1.807, 2.05) is 38.1 Å². The quantitative estimate of drug-likeness (QED) is 0.592. The molecule has 0 bridgehead atoms. The first-order valence-corrected chi connectivity index (χ1v) is 9.39. The molecule has 0 atom stereocenters. The van der Waals surface area contributed by atoms with Crippen molar-refractivity contribution in [3.05, 3.63) is 51.9 Å². The Morgan fingerprint density at radius 1 is 1.31 bits per heavy atom. The molecule has 2 aromatic heterocycles. The number of rotatable bonds is 7. The van der Waals surface area contributed by atoms with Crippen LogP contribution in [0.4, 0.5) is 5.95 Å². The van der Waals surface area contributed by atoms with Crippen molar-refractivity contribution in [2.75, 3.05) is 5.32 Å². The summed E-state index contributed by atoms with van der Waals surface area (Å²) in [5, 5.41) is 14.7. The third kappa shape index (κ3) is 4.86. The lowest BCUT2D eigenvalue weighted by atomic mass is 10.1. The molecule has 0 aliphatic rings. The number of aryl methyl sites for hydroxylation is 2. The first-order chi connectivity index (χ1) is 12.5. The molecule has 3 aromatic rings. The van der Waals surface area contributed by atoms with Gasteiger partial charge in [0.25, 0.3) is 0 Å². The first kappa shape index (κ1) is 18.5. The number of carbonyl (C=O) groups is 1. The number of thioether (sulfide) groups is 1. The fraction of sp³-hybridized carbons (Fsp3) is 0.294. The Labute approximate surface area is 159 Å². The molecule has 9 heteroatoms. The Hall–Kier alpha value is -2.32. The highest BCUT2D eigenvalue weighted by atomic mass is 35.5. The Morgan fingerprint density at radius 3 is 2.77 bits per heavy atom. The van der Waals surface area contributed by atoms with Crippen LogP contribution in [0.15, 0.2) is 33.9 Å². The van der Waals surface area contributed by atoms with Crippen molar-refractivity contribution in [2.24, 2.45) is 0 Å². The van der Waals surface area contributed by atoms with E-state index in [-0.39, 0.29) is 5.91 Å². The van der Waals surface area contributed by atoms with Crippen molar-refractivity contribution in [1.82, 2.24) is 20.3 Å². The zero-order chi connectivity index (χ0) is 18.5. The summed E-state index contributed by atoms with van der Waals surface area (Å²) in [5.41, 5.74) is 2.90. The molecule has 0 unspecified atom stereocenters. The molecule has 3 rings (SSSR count). The monoisotopic (exact) mass is 391 g/mol. The number of halogens is 1. The largest absolute Gasteiger partial charge is 0.361 e. The minimum Gasteiger partial charge on any atom is -0.361 e. The molecule has 0 saturated carbocycles. The second-order valence-corrected chi connectivity index (χ2v) is 7.11. The summed E-state index contributed by atoms with van der Waals surface area (Å²) in [4.78, 5) is 16.4. The molecular formula is C17H18ClN5O2S. The van der Waals surface area contributed by atoms with Gasteiger partial charge in [-0.15, -0.1) is 5.10 Å². The third-order valence-electron chi connectivity index (χ3n) is 3.79. The molecule has 26 heavy (non-hydrogen) atoms. The van der Waals surface area contributed by atoms with Gasteiger partial charge in [-0.2, -0.15) is 4.98 Å². The number of anilines is 1. The summed E-state index contributed by atoms with van der Waals surface area (Å²) in [6.07, 6.45) is 0.885. The Kier molecular flexibility index (Phi) is 5.95. The van der Waals surface area contributed by atoms with E-state index in [4.69, 9.17) is 16.1 Å². The van der Waals surface area contributed by atoms with Crippen molar-refractivity contribution in [3.63, 3.8) is 0 Å². The minimum atomic E-state index is -0.143. The molecule has 0 radical (unpaired) electrons. The Morgan fingerprint density at radius 2 is 2.08 bits per heavy atom. The number of nitrogens with one attached hydrogen (secondary N) is 2. The van der Waals surface area contributed by atoms with Gasteiger partial charge >= 0.3 is 0 Å². The first-order valence-electron chi connectivity index (χ1n) is 8.02. The van der Waals surface area contributed by atoms with Crippen LogP contribution >= 0.6 is 23.4 Å². The van der Waals surface area contributed by atoms with Gasteiger partial charge in [0.2, 0.25) is 17.0 Å². The predicted octanol–water partition coefficient (Wildman–Crippen LogP) is 3.93. The van der Waals surface area contributed by atoms with Crippen LogP contribution in [-0.2, 0) is 17.0 Å². The van der Waals surface area contributed by atoms with E-state index in [1.54, 1.807) is 0 Å². The molecule has 7 nitrogen and oxygen atoms in total. The average Bonchev–Trinajstić information content (AvgIpc) is 3.19. The molecule has 0 fully saturated rings. The summed E-state index contributed by atoms with van der Waals surface area (Å²) in [5.74, 6) is 1.66. The van der Waals surface area contributed by atoms with E-state index in [9.17, 15) is 4.79 Å². The van der Waals surface area contributed by atoms with Crippen LogP contribution in [-0.4, -0.2) is 26.2 Å². The summed E-state index contributed by atoms with van der Waals surface area (Å²) in [7, 11) is 0. The fourth-order valence-electron chi connectivity index (χ4n) is 2.39. The minimum absolute atomic E-state index is 0.143. The van der Waals surface area contributed by atoms with Crippen LogP contribution in [0, 0.1) is 13.8 Å². The van der Waals surface area contributed by atoms with Gasteiger partial charge in [0.15, 0.2) is 0 Å². The van der Waals surface area contributed by atoms with Gasteiger partial charge in [-0.05, 0) is 38.0 Å². The fourth-order valence-corrected chi connectivity index (χ4v) is 3.27. The lowest BCUT2D eigenvalue weighted by Gasteiger charge is -2.01. The average molecular weight is 392 g/mol. The lowest BCUT2D eigenvalue weighted by molar-refractivity contribution is -0.116. The number of nitrogens with zero attached hydrogens (tertiary/aromatic N) is 3. The highest BCUT2D eigenvalue weighted by molar-refractivity contribution is 7.98. The van der Waals surface area contributed by atoms with E-state index in [0.29, 0.717) is 34.7 Å². The number of amides is 1. The summed E-state index contributed by atoms with van der Waals surface area (Å²) >= 11 is 7.34. The molecule has 0 saturated heterocycles. The van der Waals surface area contributed by atoms with Gasteiger partial charge in [0.05, 0.1) is 5.69 Å². The second-order valence-electron chi connectivity index (χ2n) is 5.73. The van der Waals surface area contributed by atoms with Gasteiger partial charge < -0.3 is 4.52 Å². The molecule has 0 aliphatic heterocycles. The van der Waals surface area contributed by atoms with E-state index < -0.39 is 0 Å². The molecule has 2 heterocycles. The maximum absolute atomic E-state index is 12.1. The number of aromatic nitrogens is 4. The van der Waals surface area contributed by atoms with Crippen molar-refractivity contribution in [2.45, 2.75) is 37.6 Å². The number of carbonyl (C=O) groups excluding carboxylic acids is 1. The zero-order valence-electron chi connectivity index (χ0n) is 14.4. The normalized spacial score (nSPS) is 10.9. The van der Waals surface area contributed by atoms with E-state index in [1.165, 1.54) is 11.8 Å². The van der Waals surface area contributed by atoms with Crippen molar-refractivity contribution in [1.29, 1.82) is 0 Å². The number of aromatic amines is 1. The van der Waals surface area contributed by atoms with E-state index >= 15 is 0 Å². The van der Waals surface area contributed by atoms with E-state index in [2.05, 4.69) is 25.7 Å². The molecule has 0 spiro atoms. The van der Waals surface area contributed by atoms with Crippen LogP contribution < -0.4 is 5.32 Å². The van der Waals surface area contributed by atoms with E-state index in [0.717, 1.165) is 22.6 Å². The summed E-state index contributed by atoms with van der Waals surface area (Å²) in [6, 6.07) is 7.61. The molecule has 1 aromatic carbocycles. The molecule has 2 N–H and O–H groups in total. The van der Waals surface area contributed by atoms with Crippen molar-refractivity contribution < 1.29 is 9.32 Å². The van der Waals surface area contributed by atoms with Crippen molar-refractivity contribution >= 4 is 35.2 Å². The van der Waals surface area contributed by atoms with Crippen LogP contribution in [0.1, 0.15) is 29.0 Å². The maximum Gasteiger partial charge on any atom is 0.227 e.